The van der Waals surface area contributed by atoms with E-state index in [9.17, 15) is 0 Å². The Bertz CT molecular complexity index is 3130. The maximum atomic E-state index is 6.96. The maximum absolute atomic E-state index is 6.96. The van der Waals surface area contributed by atoms with Gasteiger partial charge in [0, 0.05) is 38.8 Å². The first kappa shape index (κ1) is 38.9. The number of aromatic nitrogens is 1. The van der Waals surface area contributed by atoms with E-state index in [2.05, 4.69) is 220 Å². The van der Waals surface area contributed by atoms with Crippen molar-refractivity contribution in [1.29, 1.82) is 0 Å². The zero-order valence-electron chi connectivity index (χ0n) is 38.5. The van der Waals surface area contributed by atoms with Gasteiger partial charge in [0.05, 0.1) is 16.7 Å². The Hall–Kier alpha value is -6.00. The van der Waals surface area contributed by atoms with Crippen LogP contribution in [-0.4, -0.2) is 11.3 Å². The van der Waals surface area contributed by atoms with Gasteiger partial charge in [0.2, 0.25) is 0 Å². The van der Waals surface area contributed by atoms with Gasteiger partial charge in [0.1, 0.15) is 11.5 Å². The van der Waals surface area contributed by atoms with E-state index in [0.29, 0.717) is 0 Å². The highest BCUT2D eigenvalue weighted by Gasteiger charge is 2.49. The number of nitrogens with zero attached hydrogens (tertiary/aromatic N) is 2. The zero-order chi connectivity index (χ0) is 43.4. The van der Waals surface area contributed by atoms with E-state index in [1.54, 1.807) is 0 Å². The van der Waals surface area contributed by atoms with Gasteiger partial charge in [0.25, 0.3) is 6.71 Å². The van der Waals surface area contributed by atoms with Gasteiger partial charge in [-0.2, -0.15) is 0 Å². The molecule has 62 heavy (non-hydrogen) atoms. The summed E-state index contributed by atoms with van der Waals surface area (Å²) in [5.41, 5.74) is 21.4. The van der Waals surface area contributed by atoms with Crippen LogP contribution >= 0.6 is 0 Å². The van der Waals surface area contributed by atoms with Crippen molar-refractivity contribution in [2.45, 2.75) is 105 Å². The minimum Gasteiger partial charge on any atom is -0.458 e. The topological polar surface area (TPSA) is 17.4 Å². The third kappa shape index (κ3) is 5.51. The molecule has 11 rings (SSSR count). The van der Waals surface area contributed by atoms with E-state index < -0.39 is 0 Å². The van der Waals surface area contributed by atoms with Crippen LogP contribution in [0.3, 0.4) is 0 Å². The molecule has 1 aliphatic carbocycles. The van der Waals surface area contributed by atoms with Crippen molar-refractivity contribution in [3.05, 3.63) is 161 Å². The molecule has 0 saturated heterocycles. The molecule has 308 valence electrons. The second-order valence-corrected chi connectivity index (χ2v) is 21.9. The summed E-state index contributed by atoms with van der Waals surface area (Å²) in [6, 6.07) is 48.9. The molecule has 8 aromatic rings. The molecule has 0 atom stereocenters. The van der Waals surface area contributed by atoms with Crippen molar-refractivity contribution >= 4 is 62.0 Å². The largest absolute Gasteiger partial charge is 0.458 e. The predicted octanol–water partition coefficient (Wildman–Crippen LogP) is 13.7. The van der Waals surface area contributed by atoms with E-state index >= 15 is 0 Å². The summed E-state index contributed by atoms with van der Waals surface area (Å²) in [6.45, 7) is 28.0. The number of aryl methyl sites for hydroxylation is 1. The van der Waals surface area contributed by atoms with Crippen LogP contribution in [0.25, 0.3) is 38.6 Å². The highest BCUT2D eigenvalue weighted by molar-refractivity contribution is 6.99. The number of fused-ring (bicyclic) bond motifs is 11. The first-order chi connectivity index (χ1) is 29.3. The van der Waals surface area contributed by atoms with Crippen molar-refractivity contribution in [2.75, 3.05) is 4.90 Å². The highest BCUT2D eigenvalue weighted by atomic mass is 16.5. The quantitative estimate of drug-likeness (QED) is 0.162. The van der Waals surface area contributed by atoms with Crippen molar-refractivity contribution in [3.8, 4) is 28.3 Å². The normalized spacial score (nSPS) is 15.0. The van der Waals surface area contributed by atoms with Gasteiger partial charge in [0.15, 0.2) is 0 Å². The molecule has 0 saturated carbocycles. The van der Waals surface area contributed by atoms with Gasteiger partial charge in [-0.3, -0.25) is 0 Å². The highest BCUT2D eigenvalue weighted by Crippen LogP contribution is 2.55. The first-order valence-corrected chi connectivity index (χ1v) is 22.6. The second kappa shape index (κ2) is 12.8. The van der Waals surface area contributed by atoms with Crippen LogP contribution in [-0.2, 0) is 21.7 Å². The van der Waals surface area contributed by atoms with Crippen molar-refractivity contribution < 1.29 is 4.74 Å². The molecule has 3 nitrogen and oxygen atoms in total. The number of benzene rings is 7. The Morgan fingerprint density at radius 3 is 1.76 bits per heavy atom. The van der Waals surface area contributed by atoms with Crippen LogP contribution < -0.4 is 26.0 Å². The van der Waals surface area contributed by atoms with Crippen molar-refractivity contribution in [3.63, 3.8) is 0 Å². The van der Waals surface area contributed by atoms with E-state index in [1.807, 2.05) is 0 Å². The van der Waals surface area contributed by atoms with Gasteiger partial charge in [-0.25, -0.2) is 0 Å². The second-order valence-electron chi connectivity index (χ2n) is 21.9. The maximum Gasteiger partial charge on any atom is 0.256 e. The fourth-order valence-corrected chi connectivity index (χ4v) is 11.0. The number of rotatable bonds is 2. The Balaban J connectivity index is 1.33. The van der Waals surface area contributed by atoms with Gasteiger partial charge in [-0.15, -0.1) is 0 Å². The monoisotopic (exact) mass is 808 g/mol. The van der Waals surface area contributed by atoms with Gasteiger partial charge >= 0.3 is 0 Å². The lowest BCUT2D eigenvalue weighted by atomic mass is 9.32. The Morgan fingerprint density at radius 1 is 0.532 bits per heavy atom. The van der Waals surface area contributed by atoms with Crippen molar-refractivity contribution in [1.82, 2.24) is 4.57 Å². The molecule has 0 unspecified atom stereocenters. The molecule has 0 amide bonds. The third-order valence-electron chi connectivity index (χ3n) is 14.4. The molecular formula is C58H57BN2O. The van der Waals surface area contributed by atoms with E-state index in [1.165, 1.54) is 99.8 Å². The van der Waals surface area contributed by atoms with Gasteiger partial charge in [-0.05, 0) is 134 Å². The number of hydrogen-bond donors (Lipinski definition) is 0. The molecule has 4 heteroatoms. The number of ether oxygens (including phenoxy) is 1. The summed E-state index contributed by atoms with van der Waals surface area (Å²) in [5.74, 6) is 1.88. The minimum absolute atomic E-state index is 0.00786. The number of hydrogen-bond acceptors (Lipinski definition) is 2. The van der Waals surface area contributed by atoms with E-state index in [-0.39, 0.29) is 28.4 Å². The molecule has 0 bridgehead atoms. The summed E-state index contributed by atoms with van der Waals surface area (Å²) in [5, 5.41) is 2.60. The Morgan fingerprint density at radius 2 is 1.13 bits per heavy atom. The SMILES string of the molecule is Cc1ccc(N2c3cccc4c3B(c3cc(C(C)(C)C)ccc3O4)c3c2cc(-n2c4ccc(C(C)(C)C)cc4c4cc(C(C)(C)C)ccc42)c2c3C(C)(C)c3ccccc3-2)cc1. The molecule has 0 radical (unpaired) electrons. The standard InChI is InChI=1S/C58H57BN2O/c1-34-20-25-38(26-21-34)60-46-18-15-19-50-53(46)59(43-32-37(57(8,9)10)24-29-49(43)62-50)54-48(60)33-47(51-39-16-13-14-17-42(39)58(11,12)52(51)54)61-44-27-22-35(55(2,3)4)30-40(44)41-31-36(56(5,6)7)23-28-45(41)61/h13-33H,1-12H3. The van der Waals surface area contributed by atoms with Gasteiger partial charge < -0.3 is 14.2 Å². The van der Waals surface area contributed by atoms with Crippen LogP contribution in [0.2, 0.25) is 0 Å². The summed E-state index contributed by atoms with van der Waals surface area (Å²) in [6.07, 6.45) is 0. The minimum atomic E-state index is -0.310. The first-order valence-electron chi connectivity index (χ1n) is 22.6. The molecule has 3 heterocycles. The smallest absolute Gasteiger partial charge is 0.256 e. The van der Waals surface area contributed by atoms with Crippen molar-refractivity contribution in [2.24, 2.45) is 0 Å². The molecular weight excluding hydrogens is 751 g/mol. The summed E-state index contributed by atoms with van der Waals surface area (Å²) < 4.78 is 9.57. The van der Waals surface area contributed by atoms with Gasteiger partial charge in [-0.1, -0.05) is 148 Å². The molecule has 0 fully saturated rings. The Kier molecular flexibility index (Phi) is 8.02. The molecule has 1 aromatic heterocycles. The van der Waals surface area contributed by atoms with Crippen LogP contribution in [0.4, 0.5) is 17.1 Å². The molecule has 0 spiro atoms. The lowest BCUT2D eigenvalue weighted by Crippen LogP contribution is -2.61. The lowest BCUT2D eigenvalue weighted by molar-refractivity contribution is 0.486. The average Bonchev–Trinajstić information content (AvgIpc) is 3.67. The van der Waals surface area contributed by atoms with E-state index in [0.717, 1.165) is 17.2 Å². The number of anilines is 3. The fraction of sp³-hybridized carbons (Fsp3) is 0.276. The average molecular weight is 809 g/mol. The molecule has 0 N–H and O–H groups in total. The molecule has 3 aliphatic rings. The molecule has 2 aliphatic heterocycles. The molecule has 7 aromatic carbocycles. The lowest BCUT2D eigenvalue weighted by Gasteiger charge is -2.43. The fourth-order valence-electron chi connectivity index (χ4n) is 11.0. The van der Waals surface area contributed by atoms with E-state index in [4.69, 9.17) is 4.74 Å². The zero-order valence-corrected chi connectivity index (χ0v) is 38.5. The predicted molar refractivity (Wildman–Crippen MR) is 265 cm³/mol. The third-order valence-corrected chi connectivity index (χ3v) is 14.4. The summed E-state index contributed by atoms with van der Waals surface area (Å²) in [7, 11) is 0. The summed E-state index contributed by atoms with van der Waals surface area (Å²) >= 11 is 0. The Labute approximate surface area is 368 Å². The van der Waals surface area contributed by atoms with Crippen LogP contribution in [0, 0.1) is 6.92 Å². The summed E-state index contributed by atoms with van der Waals surface area (Å²) in [4.78, 5) is 2.54. The van der Waals surface area contributed by atoms with Crippen LogP contribution in [0.15, 0.2) is 127 Å². The van der Waals surface area contributed by atoms with Crippen LogP contribution in [0.5, 0.6) is 11.5 Å². The van der Waals surface area contributed by atoms with Crippen LogP contribution in [0.1, 0.15) is 110 Å².